The predicted molar refractivity (Wildman–Crippen MR) is 135 cm³/mol. The zero-order valence-corrected chi connectivity index (χ0v) is 20.3. The summed E-state index contributed by atoms with van der Waals surface area (Å²) in [4.78, 5) is 24.3. The van der Waals surface area contributed by atoms with Crippen LogP contribution in [0.4, 0.5) is 0 Å². The molecule has 1 amide bonds. The molecule has 4 rings (SSSR count). The van der Waals surface area contributed by atoms with Gasteiger partial charge in [0.1, 0.15) is 5.52 Å². The number of nitrogens with one attached hydrogen (secondary N) is 1. The van der Waals surface area contributed by atoms with E-state index < -0.39 is 5.97 Å². The molecule has 1 heterocycles. The lowest BCUT2D eigenvalue weighted by molar-refractivity contribution is -0.137. The van der Waals surface area contributed by atoms with Crippen molar-refractivity contribution in [1.82, 2.24) is 20.3 Å². The van der Waals surface area contributed by atoms with Crippen LogP contribution < -0.4 is 5.32 Å². The Morgan fingerprint density at radius 3 is 2.57 bits per heavy atom. The molecule has 0 aliphatic carbocycles. The van der Waals surface area contributed by atoms with Gasteiger partial charge in [0.15, 0.2) is 0 Å². The van der Waals surface area contributed by atoms with Gasteiger partial charge in [0.25, 0.3) is 0 Å². The van der Waals surface area contributed by atoms with E-state index >= 15 is 0 Å². The van der Waals surface area contributed by atoms with Crippen molar-refractivity contribution in [2.75, 3.05) is 0 Å². The zero-order chi connectivity index (χ0) is 24.9. The summed E-state index contributed by atoms with van der Waals surface area (Å²) in [5.41, 5.74) is 7.59. The maximum absolute atomic E-state index is 12.5. The number of benzene rings is 3. The highest BCUT2D eigenvalue weighted by atomic mass is 16.4. The van der Waals surface area contributed by atoms with E-state index in [1.807, 2.05) is 81.6 Å². The predicted octanol–water partition coefficient (Wildman–Crippen LogP) is 4.44. The molecule has 4 aromatic rings. The number of fused-ring (bicyclic) bond motifs is 1. The molecule has 0 spiro atoms. The molecule has 0 saturated heterocycles. The quantitative estimate of drug-likeness (QED) is 0.377. The van der Waals surface area contributed by atoms with Crippen molar-refractivity contribution < 1.29 is 14.7 Å². The van der Waals surface area contributed by atoms with E-state index in [0.29, 0.717) is 19.4 Å². The maximum Gasteiger partial charge on any atom is 0.304 e. The smallest absolute Gasteiger partial charge is 0.304 e. The lowest BCUT2D eigenvalue weighted by atomic mass is 9.84. The Hall–Kier alpha value is -4.00. The lowest BCUT2D eigenvalue weighted by Crippen LogP contribution is -2.23. The number of carbonyl (C=O) groups excluding carboxylic acids is 1. The SMILES string of the molecule is Cc1ccc(C(CC(=O)O)c2ccc3c(nnn3C)c2C)cc1CNC(=O)CCc1ccccc1. The molecule has 35 heavy (non-hydrogen) atoms. The molecular weight excluding hydrogens is 440 g/mol. The highest BCUT2D eigenvalue weighted by Gasteiger charge is 2.22. The topological polar surface area (TPSA) is 97.1 Å². The Kier molecular flexibility index (Phi) is 7.25. The number of hydrogen-bond donors (Lipinski definition) is 2. The Morgan fingerprint density at radius 1 is 1.06 bits per heavy atom. The highest BCUT2D eigenvalue weighted by Crippen LogP contribution is 2.34. The number of aromatic nitrogens is 3. The van der Waals surface area contributed by atoms with Crippen LogP contribution in [0.3, 0.4) is 0 Å². The van der Waals surface area contributed by atoms with Gasteiger partial charge >= 0.3 is 5.97 Å². The van der Waals surface area contributed by atoms with E-state index in [2.05, 4.69) is 15.6 Å². The summed E-state index contributed by atoms with van der Waals surface area (Å²) in [5.74, 6) is -1.22. The molecule has 0 radical (unpaired) electrons. The first-order valence-electron chi connectivity index (χ1n) is 11.7. The van der Waals surface area contributed by atoms with E-state index in [0.717, 1.165) is 44.4 Å². The molecule has 7 heteroatoms. The van der Waals surface area contributed by atoms with Crippen LogP contribution in [-0.2, 0) is 29.6 Å². The Balaban J connectivity index is 1.55. The third kappa shape index (κ3) is 5.57. The number of aryl methyl sites for hydroxylation is 4. The van der Waals surface area contributed by atoms with E-state index in [-0.39, 0.29) is 18.2 Å². The summed E-state index contributed by atoms with van der Waals surface area (Å²) < 4.78 is 1.71. The average molecular weight is 471 g/mol. The Morgan fingerprint density at radius 2 is 1.83 bits per heavy atom. The number of carbonyl (C=O) groups is 2. The number of hydrogen-bond acceptors (Lipinski definition) is 4. The van der Waals surface area contributed by atoms with Crippen molar-refractivity contribution in [3.63, 3.8) is 0 Å². The fourth-order valence-corrected chi connectivity index (χ4v) is 4.49. The van der Waals surface area contributed by atoms with Gasteiger partial charge in [-0.3, -0.25) is 9.59 Å². The van der Waals surface area contributed by atoms with Crippen molar-refractivity contribution in [3.05, 3.63) is 94.0 Å². The minimum Gasteiger partial charge on any atom is -0.481 e. The van der Waals surface area contributed by atoms with E-state index in [1.165, 1.54) is 0 Å². The number of nitrogens with zero attached hydrogens (tertiary/aromatic N) is 3. The molecular formula is C28H30N4O3. The van der Waals surface area contributed by atoms with Gasteiger partial charge in [0, 0.05) is 25.9 Å². The first-order valence-corrected chi connectivity index (χ1v) is 11.7. The standard InChI is InChI=1S/C28H30N4O3/c1-18-9-11-21(15-22(18)17-29-26(33)14-10-20-7-5-4-6-8-20)24(16-27(34)35)23-12-13-25-28(19(23)2)30-31-32(25)3/h4-9,11-13,15,24H,10,14,16-17H2,1-3H3,(H,29,33)(H,34,35). The highest BCUT2D eigenvalue weighted by molar-refractivity contribution is 5.80. The van der Waals surface area contributed by atoms with Gasteiger partial charge in [-0.05, 0) is 59.7 Å². The lowest BCUT2D eigenvalue weighted by Gasteiger charge is -2.20. The van der Waals surface area contributed by atoms with Gasteiger partial charge in [-0.2, -0.15) is 0 Å². The summed E-state index contributed by atoms with van der Waals surface area (Å²) in [7, 11) is 1.84. The van der Waals surface area contributed by atoms with Crippen LogP contribution in [0.5, 0.6) is 0 Å². The first-order chi connectivity index (χ1) is 16.8. The van der Waals surface area contributed by atoms with Crippen molar-refractivity contribution in [2.24, 2.45) is 7.05 Å². The molecule has 3 aromatic carbocycles. The van der Waals surface area contributed by atoms with Crippen molar-refractivity contribution >= 4 is 22.9 Å². The number of rotatable bonds is 9. The van der Waals surface area contributed by atoms with E-state index in [1.54, 1.807) is 4.68 Å². The van der Waals surface area contributed by atoms with Crippen LogP contribution in [-0.4, -0.2) is 32.0 Å². The molecule has 1 unspecified atom stereocenters. The normalized spacial score (nSPS) is 12.0. The first kappa shape index (κ1) is 24.1. The number of carboxylic acids is 1. The second-order valence-electron chi connectivity index (χ2n) is 8.96. The van der Waals surface area contributed by atoms with Crippen LogP contribution in [0.25, 0.3) is 11.0 Å². The average Bonchev–Trinajstić information content (AvgIpc) is 3.23. The summed E-state index contributed by atoms with van der Waals surface area (Å²) >= 11 is 0. The summed E-state index contributed by atoms with van der Waals surface area (Å²) in [6.07, 6.45) is 1.07. The second kappa shape index (κ2) is 10.5. The third-order valence-corrected chi connectivity index (χ3v) is 6.57. The molecule has 180 valence electrons. The molecule has 1 aromatic heterocycles. The molecule has 0 bridgehead atoms. The van der Waals surface area contributed by atoms with Gasteiger partial charge in [-0.25, -0.2) is 4.68 Å². The van der Waals surface area contributed by atoms with E-state index in [9.17, 15) is 14.7 Å². The number of amides is 1. The fourth-order valence-electron chi connectivity index (χ4n) is 4.49. The largest absolute Gasteiger partial charge is 0.481 e. The Labute approximate surface area is 204 Å². The van der Waals surface area contributed by atoms with Gasteiger partial charge in [0.2, 0.25) is 5.91 Å². The third-order valence-electron chi connectivity index (χ3n) is 6.57. The van der Waals surface area contributed by atoms with Crippen molar-refractivity contribution in [1.29, 1.82) is 0 Å². The fraction of sp³-hybridized carbons (Fsp3) is 0.286. The van der Waals surface area contributed by atoms with E-state index in [4.69, 9.17) is 0 Å². The molecule has 2 N–H and O–H groups in total. The minimum atomic E-state index is -0.870. The molecule has 7 nitrogen and oxygen atoms in total. The van der Waals surface area contributed by atoms with Gasteiger partial charge in [0.05, 0.1) is 11.9 Å². The van der Waals surface area contributed by atoms with Crippen molar-refractivity contribution in [2.45, 2.75) is 45.6 Å². The molecule has 0 saturated carbocycles. The van der Waals surface area contributed by atoms with Crippen LogP contribution in [0.1, 0.15) is 52.1 Å². The monoisotopic (exact) mass is 470 g/mol. The molecule has 0 fully saturated rings. The van der Waals surface area contributed by atoms with Crippen LogP contribution in [0.15, 0.2) is 60.7 Å². The second-order valence-corrected chi connectivity index (χ2v) is 8.96. The number of carboxylic acid groups (broad SMARTS) is 1. The van der Waals surface area contributed by atoms with Gasteiger partial charge in [-0.15, -0.1) is 5.10 Å². The van der Waals surface area contributed by atoms with Gasteiger partial charge in [-0.1, -0.05) is 59.8 Å². The zero-order valence-electron chi connectivity index (χ0n) is 20.3. The van der Waals surface area contributed by atoms with Crippen LogP contribution in [0, 0.1) is 13.8 Å². The van der Waals surface area contributed by atoms with Gasteiger partial charge < -0.3 is 10.4 Å². The minimum absolute atomic E-state index is 0.00955. The molecule has 1 atom stereocenters. The Bertz CT molecular complexity index is 1360. The van der Waals surface area contributed by atoms with Crippen molar-refractivity contribution in [3.8, 4) is 0 Å². The summed E-state index contributed by atoms with van der Waals surface area (Å²) in [5, 5.41) is 21.1. The van der Waals surface area contributed by atoms with Crippen LogP contribution in [0.2, 0.25) is 0 Å². The van der Waals surface area contributed by atoms with Crippen LogP contribution >= 0.6 is 0 Å². The summed E-state index contributed by atoms with van der Waals surface area (Å²) in [6.45, 7) is 4.36. The molecule has 0 aliphatic rings. The summed E-state index contributed by atoms with van der Waals surface area (Å²) in [6, 6.07) is 19.8. The number of aliphatic carboxylic acids is 1. The molecule has 0 aliphatic heterocycles. The maximum atomic E-state index is 12.5.